The number of nitrogens with one attached hydrogen (secondary N) is 1. The van der Waals surface area contributed by atoms with Crippen LogP contribution in [0.2, 0.25) is 0 Å². The van der Waals surface area contributed by atoms with Gasteiger partial charge in [-0.3, -0.25) is 4.99 Å². The molecule has 0 aliphatic rings. The van der Waals surface area contributed by atoms with E-state index >= 15 is 0 Å². The Bertz CT molecular complexity index is 1220. The predicted octanol–water partition coefficient (Wildman–Crippen LogP) is -0.00963. The molecule has 3 aromatic heterocycles. The maximum atomic E-state index is 5.41. The number of imidazole rings is 1. The number of aromatic amines is 1. The van der Waals surface area contributed by atoms with E-state index in [1.807, 2.05) is 24.1 Å². The number of fused-ring (bicyclic) bond motifs is 1. The Morgan fingerprint density at radius 1 is 1.15 bits per heavy atom. The smallest absolute Gasteiger partial charge is 0.493 e. The van der Waals surface area contributed by atoms with E-state index < -0.39 is 0 Å². The zero-order chi connectivity index (χ0) is 23.8. The van der Waals surface area contributed by atoms with E-state index in [0.717, 1.165) is 24.3 Å². The molecule has 4 rings (SSSR count). The van der Waals surface area contributed by atoms with Crippen LogP contribution >= 0.6 is 0 Å². The topological polar surface area (TPSA) is 103 Å². The van der Waals surface area contributed by atoms with Crippen LogP contribution in [0.5, 0.6) is 17.2 Å². The van der Waals surface area contributed by atoms with Gasteiger partial charge in [0.25, 0.3) is 0 Å². The summed E-state index contributed by atoms with van der Waals surface area (Å²) in [7, 11) is 6.68. The number of methoxy groups -OCH3 is 3. The van der Waals surface area contributed by atoms with Gasteiger partial charge in [0.15, 0.2) is 17.3 Å². The maximum Gasteiger partial charge on any atom is 1.00 e. The van der Waals surface area contributed by atoms with Crippen molar-refractivity contribution in [3.63, 3.8) is 0 Å². The van der Waals surface area contributed by atoms with Gasteiger partial charge in [0.05, 0.1) is 50.5 Å². The SMILES string of the molecule is COc1cc(-n2cnc(/N=c3/n[c-][nH]c4ccoc34)c2)cc(OC)c1OC.[CH2-]CN(C)C[CH2-].[Na+]. The Morgan fingerprint density at radius 3 is 2.38 bits per heavy atom. The number of hydrogen-bond donors (Lipinski definition) is 1. The van der Waals surface area contributed by atoms with Gasteiger partial charge in [-0.05, 0) is 12.6 Å². The first-order valence-electron chi connectivity index (χ1n) is 10.0. The van der Waals surface area contributed by atoms with E-state index in [1.54, 1.807) is 50.8 Å². The zero-order valence-corrected chi connectivity index (χ0v) is 22.2. The quantitative estimate of drug-likeness (QED) is 0.297. The van der Waals surface area contributed by atoms with E-state index in [1.165, 1.54) is 0 Å². The molecule has 0 aliphatic heterocycles. The summed E-state index contributed by atoms with van der Waals surface area (Å²) in [5, 5.41) is 0. The summed E-state index contributed by atoms with van der Waals surface area (Å²) in [6.45, 7) is 8.99. The summed E-state index contributed by atoms with van der Waals surface area (Å²) in [5.74, 6) is 2.08. The minimum atomic E-state index is 0. The molecule has 0 spiro atoms. The number of benzene rings is 1. The van der Waals surface area contributed by atoms with Crippen molar-refractivity contribution in [2.24, 2.45) is 4.99 Å². The Hall–Kier alpha value is -2.79. The third kappa shape index (κ3) is 6.41. The molecule has 0 saturated carbocycles. The molecule has 0 atom stereocenters. The number of nitrogens with zero attached hydrogens (tertiary/aromatic N) is 5. The van der Waals surface area contributed by atoms with Crippen molar-refractivity contribution >= 4 is 16.9 Å². The summed E-state index contributed by atoms with van der Waals surface area (Å²) in [6.07, 6.45) is 7.64. The van der Waals surface area contributed by atoms with Crippen molar-refractivity contribution in [2.75, 3.05) is 41.5 Å². The third-order valence-corrected chi connectivity index (χ3v) is 4.72. The molecule has 0 radical (unpaired) electrons. The normalized spacial score (nSPS) is 11.1. The summed E-state index contributed by atoms with van der Waals surface area (Å²) >= 11 is 0. The number of H-pyrrole nitrogens is 1. The van der Waals surface area contributed by atoms with Crippen molar-refractivity contribution in [3.05, 3.63) is 62.6 Å². The molecule has 0 aliphatic carbocycles. The Morgan fingerprint density at radius 2 is 1.82 bits per heavy atom. The van der Waals surface area contributed by atoms with Crippen molar-refractivity contribution in [3.8, 4) is 22.9 Å². The van der Waals surface area contributed by atoms with Gasteiger partial charge in [0.1, 0.15) is 6.33 Å². The molecule has 0 fully saturated rings. The Kier molecular flexibility index (Phi) is 10.6. The maximum absolute atomic E-state index is 5.41. The van der Waals surface area contributed by atoms with Crippen LogP contribution in [-0.2, 0) is 0 Å². The van der Waals surface area contributed by atoms with Crippen molar-refractivity contribution in [1.82, 2.24) is 24.4 Å². The summed E-state index contributed by atoms with van der Waals surface area (Å²) in [6, 6.07) is 5.42. The molecular weight excluding hydrogens is 447 g/mol. The standard InChI is InChI=1S/C18H16N5O4.C5H11N.Na/c1-24-13-6-11(7-14(25-2)17(13)26-3)23-8-15(21-10-23)22-18-16-12(4-5-27-16)19-9-20-18;1-4-6(3)5-2;/h4-8,10H,1-3H3,(H,19,20,22);1-2,4-5H2,3H3;/q-1;-2;+1. The second-order valence-corrected chi connectivity index (χ2v) is 6.77. The fourth-order valence-electron chi connectivity index (χ4n) is 2.80. The molecule has 1 aromatic carbocycles. The average Bonchev–Trinajstić information content (AvgIpc) is 3.53. The minimum absolute atomic E-state index is 0. The van der Waals surface area contributed by atoms with Gasteiger partial charge >= 0.3 is 29.6 Å². The van der Waals surface area contributed by atoms with Crippen LogP contribution in [0.15, 0.2) is 46.4 Å². The fraction of sp³-hybridized carbons (Fsp3) is 0.261. The van der Waals surface area contributed by atoms with Gasteiger partial charge in [-0.25, -0.2) is 4.98 Å². The van der Waals surface area contributed by atoms with Crippen LogP contribution in [0.4, 0.5) is 5.82 Å². The largest absolute Gasteiger partial charge is 1.00 e. The third-order valence-electron chi connectivity index (χ3n) is 4.72. The van der Waals surface area contributed by atoms with E-state index in [-0.39, 0.29) is 29.6 Å². The van der Waals surface area contributed by atoms with Gasteiger partial charge in [-0.15, -0.1) is 13.1 Å². The first kappa shape index (κ1) is 27.5. The number of hydrogen-bond acceptors (Lipinski definition) is 8. The first-order valence-corrected chi connectivity index (χ1v) is 10.0. The van der Waals surface area contributed by atoms with Gasteiger partial charge in [-0.2, -0.15) is 0 Å². The van der Waals surface area contributed by atoms with Crippen molar-refractivity contribution < 1.29 is 48.2 Å². The van der Waals surface area contributed by atoms with Crippen LogP contribution in [0.1, 0.15) is 0 Å². The van der Waals surface area contributed by atoms with Crippen LogP contribution in [-0.4, -0.2) is 65.9 Å². The molecule has 11 heteroatoms. The van der Waals surface area contributed by atoms with Crippen molar-refractivity contribution in [1.29, 1.82) is 0 Å². The van der Waals surface area contributed by atoms with Gasteiger partial charge in [-0.1, -0.05) is 6.07 Å². The van der Waals surface area contributed by atoms with E-state index in [0.29, 0.717) is 34.1 Å². The second kappa shape index (κ2) is 13.2. The van der Waals surface area contributed by atoms with Gasteiger partial charge in [0.2, 0.25) is 5.75 Å². The van der Waals surface area contributed by atoms with Crippen LogP contribution in [0.3, 0.4) is 0 Å². The zero-order valence-electron chi connectivity index (χ0n) is 20.2. The molecule has 0 bridgehead atoms. The Balaban J connectivity index is 0.000000521. The number of furan rings is 1. The number of rotatable bonds is 7. The van der Waals surface area contributed by atoms with Crippen molar-refractivity contribution in [2.45, 2.75) is 0 Å². The predicted molar refractivity (Wildman–Crippen MR) is 124 cm³/mol. The summed E-state index contributed by atoms with van der Waals surface area (Å²) < 4.78 is 23.3. The summed E-state index contributed by atoms with van der Waals surface area (Å²) in [5.41, 5.74) is 2.47. The molecule has 10 nitrogen and oxygen atoms in total. The van der Waals surface area contributed by atoms with Crippen LogP contribution in [0, 0.1) is 20.2 Å². The molecule has 0 amide bonds. The molecular formula is C23H27N6NaO4-2. The van der Waals surface area contributed by atoms with E-state index in [9.17, 15) is 0 Å². The molecule has 1 N–H and O–H groups in total. The molecule has 34 heavy (non-hydrogen) atoms. The molecule has 3 heterocycles. The van der Waals surface area contributed by atoms with Gasteiger partial charge in [0, 0.05) is 18.5 Å². The average molecular weight is 474 g/mol. The van der Waals surface area contributed by atoms with Gasteiger partial charge < -0.3 is 51.9 Å². The summed E-state index contributed by atoms with van der Waals surface area (Å²) in [4.78, 5) is 17.7. The molecule has 4 aromatic rings. The fourth-order valence-corrected chi connectivity index (χ4v) is 2.80. The first-order chi connectivity index (χ1) is 16.0. The minimum Gasteiger partial charge on any atom is -0.493 e. The number of aromatic nitrogens is 4. The van der Waals surface area contributed by atoms with E-state index in [4.69, 9.17) is 18.6 Å². The van der Waals surface area contributed by atoms with Crippen LogP contribution < -0.4 is 49.3 Å². The second-order valence-electron chi connectivity index (χ2n) is 6.77. The van der Waals surface area contributed by atoms with E-state index in [2.05, 4.69) is 40.1 Å². The monoisotopic (exact) mass is 474 g/mol. The molecule has 176 valence electrons. The molecule has 0 saturated heterocycles. The van der Waals surface area contributed by atoms with Crippen LogP contribution in [0.25, 0.3) is 16.8 Å². The number of ether oxygens (including phenoxy) is 3. The Labute approximate surface area is 220 Å². The molecule has 0 unspecified atom stereocenters.